The summed E-state index contributed by atoms with van der Waals surface area (Å²) in [5, 5.41) is 8.80. The smallest absolute Gasteiger partial charge is 0.410 e. The van der Waals surface area contributed by atoms with Gasteiger partial charge in [0.1, 0.15) is 13.2 Å². The second kappa shape index (κ2) is 10.2. The second-order valence-electron chi connectivity index (χ2n) is 8.88. The number of para-hydroxylation sites is 1. The number of benzene rings is 2. The molecular formula is C26H27N5O5. The van der Waals surface area contributed by atoms with E-state index >= 15 is 0 Å². The van der Waals surface area contributed by atoms with Crippen molar-refractivity contribution in [2.24, 2.45) is 0 Å². The second-order valence-corrected chi connectivity index (χ2v) is 8.88. The summed E-state index contributed by atoms with van der Waals surface area (Å²) in [6.07, 6.45) is 0.521. The van der Waals surface area contributed by atoms with Gasteiger partial charge in [0.05, 0.1) is 11.4 Å². The molecule has 0 radical (unpaired) electrons. The Bertz CT molecular complexity index is 1240. The minimum Gasteiger partial charge on any atom is -0.459 e. The highest BCUT2D eigenvalue weighted by Gasteiger charge is 2.44. The van der Waals surface area contributed by atoms with Gasteiger partial charge in [-0.05, 0) is 37.5 Å². The molecule has 10 nitrogen and oxygen atoms in total. The van der Waals surface area contributed by atoms with Crippen molar-refractivity contribution in [1.82, 2.24) is 24.8 Å². The molecule has 0 bridgehead atoms. The van der Waals surface area contributed by atoms with Crippen LogP contribution in [0.25, 0.3) is 5.69 Å². The number of aryl methyl sites for hydroxylation is 1. The van der Waals surface area contributed by atoms with Crippen LogP contribution >= 0.6 is 0 Å². The molecule has 5 rings (SSSR count). The number of piperidine rings is 1. The Hall–Kier alpha value is -4.21. The van der Waals surface area contributed by atoms with E-state index in [9.17, 15) is 14.4 Å². The Labute approximate surface area is 208 Å². The molecule has 0 saturated carbocycles. The molecular weight excluding hydrogens is 462 g/mol. The van der Waals surface area contributed by atoms with Crippen LogP contribution < -0.4 is 0 Å². The number of ether oxygens (including phenoxy) is 2. The molecule has 0 N–H and O–H groups in total. The number of nitrogens with zero attached hydrogens (tertiary/aromatic N) is 5. The lowest BCUT2D eigenvalue weighted by molar-refractivity contribution is -0.150. The van der Waals surface area contributed by atoms with Crippen LogP contribution in [0.5, 0.6) is 0 Å². The Morgan fingerprint density at radius 1 is 1.00 bits per heavy atom. The molecule has 2 amide bonds. The lowest BCUT2D eigenvalue weighted by Crippen LogP contribution is -2.52. The number of hydrogen-bond acceptors (Lipinski definition) is 7. The summed E-state index contributed by atoms with van der Waals surface area (Å²) in [7, 11) is 0. The molecule has 3 heterocycles. The molecule has 36 heavy (non-hydrogen) atoms. The lowest BCUT2D eigenvalue weighted by Gasteiger charge is -2.37. The molecule has 1 atom stereocenters. The first-order chi connectivity index (χ1) is 17.5. The van der Waals surface area contributed by atoms with Crippen molar-refractivity contribution in [3.05, 3.63) is 77.6 Å². The third-order valence-electron chi connectivity index (χ3n) is 6.52. The van der Waals surface area contributed by atoms with Crippen molar-refractivity contribution in [2.75, 3.05) is 19.7 Å². The quantitative estimate of drug-likeness (QED) is 0.490. The Morgan fingerprint density at radius 3 is 2.36 bits per heavy atom. The molecule has 0 unspecified atom stereocenters. The van der Waals surface area contributed by atoms with Crippen molar-refractivity contribution in [3.63, 3.8) is 0 Å². The fourth-order valence-electron chi connectivity index (χ4n) is 4.59. The third-order valence-corrected chi connectivity index (χ3v) is 6.52. The number of hydrogen-bond donors (Lipinski definition) is 0. The van der Waals surface area contributed by atoms with Crippen molar-refractivity contribution < 1.29 is 23.9 Å². The van der Waals surface area contributed by atoms with Gasteiger partial charge < -0.3 is 14.4 Å². The van der Waals surface area contributed by atoms with E-state index in [1.165, 1.54) is 9.70 Å². The van der Waals surface area contributed by atoms with Crippen LogP contribution in [0.4, 0.5) is 4.79 Å². The summed E-state index contributed by atoms with van der Waals surface area (Å²) in [6.45, 7) is 2.72. The molecule has 3 aromatic rings. The summed E-state index contributed by atoms with van der Waals surface area (Å²) in [5.74, 6) is -0.688. The first-order valence-electron chi connectivity index (χ1n) is 12.0. The van der Waals surface area contributed by atoms with Crippen molar-refractivity contribution in [2.45, 2.75) is 38.5 Å². The van der Waals surface area contributed by atoms with E-state index in [-0.39, 0.29) is 25.2 Å². The number of aromatic nitrogens is 3. The van der Waals surface area contributed by atoms with Gasteiger partial charge in [0.25, 0.3) is 5.91 Å². The van der Waals surface area contributed by atoms with Gasteiger partial charge in [-0.1, -0.05) is 48.5 Å². The average molecular weight is 490 g/mol. The standard InChI is InChI=1S/C26H27N5O5/c1-18-23(28-31(27-18)21-10-6-3-7-11-21)24(32)29-14-12-20(13-15-29)30-22(17-36-26(30)34)25(33)35-16-19-8-4-2-5-9-19/h2-11,20,22H,12-17H2,1H3/t22-/m0/s1. The van der Waals surface area contributed by atoms with Crippen LogP contribution in [0, 0.1) is 6.92 Å². The minimum atomic E-state index is -0.790. The summed E-state index contributed by atoms with van der Waals surface area (Å²) in [4.78, 5) is 43.1. The van der Waals surface area contributed by atoms with Gasteiger partial charge in [-0.15, -0.1) is 5.10 Å². The molecule has 2 aromatic carbocycles. The summed E-state index contributed by atoms with van der Waals surface area (Å²) in [6, 6.07) is 17.8. The van der Waals surface area contributed by atoms with Gasteiger partial charge >= 0.3 is 12.1 Å². The number of esters is 1. The van der Waals surface area contributed by atoms with Crippen molar-refractivity contribution >= 4 is 18.0 Å². The Balaban J connectivity index is 1.20. The maximum Gasteiger partial charge on any atom is 0.410 e. The summed E-state index contributed by atoms with van der Waals surface area (Å²) in [5.41, 5.74) is 2.50. The maximum absolute atomic E-state index is 13.2. The number of likely N-dealkylation sites (tertiary alicyclic amines) is 1. The molecule has 0 aliphatic carbocycles. The van der Waals surface area contributed by atoms with Gasteiger partial charge in [-0.25, -0.2) is 9.59 Å². The van der Waals surface area contributed by atoms with Gasteiger partial charge in [0, 0.05) is 19.1 Å². The van der Waals surface area contributed by atoms with Crippen LogP contribution in [0.1, 0.15) is 34.6 Å². The van der Waals surface area contributed by atoms with E-state index in [4.69, 9.17) is 9.47 Å². The van der Waals surface area contributed by atoms with Crippen LogP contribution in [-0.2, 0) is 20.9 Å². The largest absolute Gasteiger partial charge is 0.459 e. The molecule has 2 fully saturated rings. The molecule has 2 aliphatic heterocycles. The minimum absolute atomic E-state index is 0.0343. The first-order valence-corrected chi connectivity index (χ1v) is 12.0. The first kappa shape index (κ1) is 23.5. The fourth-order valence-corrected chi connectivity index (χ4v) is 4.59. The van der Waals surface area contributed by atoms with Crippen LogP contribution in [0.15, 0.2) is 60.7 Å². The molecule has 186 valence electrons. The van der Waals surface area contributed by atoms with Crippen molar-refractivity contribution in [1.29, 1.82) is 0 Å². The highest BCUT2D eigenvalue weighted by atomic mass is 16.6. The number of amides is 2. The van der Waals surface area contributed by atoms with E-state index in [0.29, 0.717) is 37.3 Å². The fraction of sp³-hybridized carbons (Fsp3) is 0.346. The normalized spacial score (nSPS) is 18.2. The summed E-state index contributed by atoms with van der Waals surface area (Å²) < 4.78 is 10.6. The van der Waals surface area contributed by atoms with Crippen LogP contribution in [0.3, 0.4) is 0 Å². The highest BCUT2D eigenvalue weighted by molar-refractivity contribution is 5.93. The lowest BCUT2D eigenvalue weighted by atomic mass is 10.0. The number of carbonyl (C=O) groups is 3. The third kappa shape index (κ3) is 4.79. The zero-order chi connectivity index (χ0) is 25.1. The Kier molecular flexibility index (Phi) is 6.66. The number of cyclic esters (lactones) is 1. The van der Waals surface area contributed by atoms with Gasteiger partial charge in [0.15, 0.2) is 11.7 Å². The topological polar surface area (TPSA) is 107 Å². The highest BCUT2D eigenvalue weighted by Crippen LogP contribution is 2.26. The van der Waals surface area contributed by atoms with E-state index in [2.05, 4.69) is 10.2 Å². The summed E-state index contributed by atoms with van der Waals surface area (Å²) >= 11 is 0. The van der Waals surface area contributed by atoms with Gasteiger partial charge in [-0.3, -0.25) is 9.69 Å². The molecule has 10 heteroatoms. The predicted octanol–water partition coefficient (Wildman–Crippen LogP) is 2.74. The van der Waals surface area contributed by atoms with E-state index in [1.54, 1.807) is 11.8 Å². The zero-order valence-electron chi connectivity index (χ0n) is 19.9. The monoisotopic (exact) mass is 489 g/mol. The molecule has 1 aromatic heterocycles. The number of carbonyl (C=O) groups excluding carboxylic acids is 3. The van der Waals surface area contributed by atoms with E-state index in [0.717, 1.165) is 11.3 Å². The Morgan fingerprint density at radius 2 is 1.67 bits per heavy atom. The van der Waals surface area contributed by atoms with Crippen molar-refractivity contribution in [3.8, 4) is 5.69 Å². The molecule has 2 saturated heterocycles. The average Bonchev–Trinajstić information content (AvgIpc) is 3.50. The van der Waals surface area contributed by atoms with Crippen LogP contribution in [-0.4, -0.2) is 74.5 Å². The maximum atomic E-state index is 13.2. The van der Waals surface area contributed by atoms with Crippen LogP contribution in [0.2, 0.25) is 0 Å². The van der Waals surface area contributed by atoms with Gasteiger partial charge in [-0.2, -0.15) is 9.90 Å². The zero-order valence-corrected chi connectivity index (χ0v) is 19.9. The van der Waals surface area contributed by atoms with Gasteiger partial charge in [0.2, 0.25) is 0 Å². The SMILES string of the molecule is Cc1nn(-c2ccccc2)nc1C(=O)N1CCC(N2C(=O)OC[C@H]2C(=O)OCc2ccccc2)CC1. The predicted molar refractivity (Wildman–Crippen MR) is 128 cm³/mol. The van der Waals surface area contributed by atoms with E-state index in [1.807, 2.05) is 60.7 Å². The molecule has 2 aliphatic rings. The number of rotatable bonds is 6. The molecule has 0 spiro atoms. The van der Waals surface area contributed by atoms with E-state index < -0.39 is 18.1 Å².